The fourth-order valence-electron chi connectivity index (χ4n) is 1.38. The van der Waals surface area contributed by atoms with E-state index in [0.717, 1.165) is 12.1 Å². The van der Waals surface area contributed by atoms with E-state index < -0.39 is 12.0 Å². The fraction of sp³-hybridized carbons (Fsp3) is 0.583. The molecule has 1 heterocycles. The molecule has 6 heteroatoms. The zero-order chi connectivity index (χ0) is 13.5. The van der Waals surface area contributed by atoms with Crippen molar-refractivity contribution in [1.29, 1.82) is 0 Å². The molecule has 0 aliphatic carbocycles. The molecule has 0 fully saturated rings. The van der Waals surface area contributed by atoms with Crippen LogP contribution in [0.3, 0.4) is 0 Å². The lowest BCUT2D eigenvalue weighted by molar-refractivity contribution is -0.138. The van der Waals surface area contributed by atoms with Gasteiger partial charge in [-0.2, -0.15) is 4.98 Å². The van der Waals surface area contributed by atoms with Crippen molar-refractivity contribution >= 4 is 11.9 Å². The summed E-state index contributed by atoms with van der Waals surface area (Å²) in [5.74, 6) is -0.166. The molecular formula is C12H19N3O3. The van der Waals surface area contributed by atoms with Crippen molar-refractivity contribution in [3.63, 3.8) is 0 Å². The molecule has 1 aromatic heterocycles. The number of anilines is 1. The largest absolute Gasteiger partial charge is 0.480 e. The molecule has 1 aromatic rings. The molecule has 1 rings (SSSR count). The monoisotopic (exact) mass is 253 g/mol. The molecule has 1 unspecified atom stereocenters. The van der Waals surface area contributed by atoms with Gasteiger partial charge < -0.3 is 15.2 Å². The van der Waals surface area contributed by atoms with Crippen molar-refractivity contribution in [3.05, 3.63) is 11.8 Å². The van der Waals surface area contributed by atoms with E-state index in [0.29, 0.717) is 18.9 Å². The van der Waals surface area contributed by atoms with Crippen LogP contribution in [0.25, 0.3) is 0 Å². The fourth-order valence-corrected chi connectivity index (χ4v) is 1.38. The highest BCUT2D eigenvalue weighted by molar-refractivity contribution is 5.76. The molecule has 100 valence electrons. The lowest BCUT2D eigenvalue weighted by atomic mass is 10.2. The standard InChI is InChI=1S/C12H19N3O3/c1-4-6-18-10-7-8(3)13-12(15-10)14-9(5-2)11(16)17/h7,9H,4-6H2,1-3H3,(H,16,17)(H,13,14,15). The molecule has 18 heavy (non-hydrogen) atoms. The van der Waals surface area contributed by atoms with Gasteiger partial charge in [0, 0.05) is 11.8 Å². The predicted octanol–water partition coefficient (Wildman–Crippen LogP) is 1.85. The molecule has 0 saturated heterocycles. The summed E-state index contributed by atoms with van der Waals surface area (Å²) in [6.07, 6.45) is 1.34. The number of hydrogen-bond acceptors (Lipinski definition) is 5. The number of aryl methyl sites for hydroxylation is 1. The van der Waals surface area contributed by atoms with Gasteiger partial charge in [-0.1, -0.05) is 13.8 Å². The van der Waals surface area contributed by atoms with E-state index in [-0.39, 0.29) is 5.95 Å². The van der Waals surface area contributed by atoms with Crippen molar-refractivity contribution < 1.29 is 14.6 Å². The second-order valence-electron chi connectivity index (χ2n) is 3.96. The van der Waals surface area contributed by atoms with Crippen molar-refractivity contribution in [3.8, 4) is 5.88 Å². The van der Waals surface area contributed by atoms with Gasteiger partial charge in [-0.25, -0.2) is 9.78 Å². The third-order valence-corrected chi connectivity index (χ3v) is 2.29. The number of aliphatic carboxylic acids is 1. The minimum absolute atomic E-state index is 0.287. The zero-order valence-electron chi connectivity index (χ0n) is 10.9. The number of nitrogens with zero attached hydrogens (tertiary/aromatic N) is 2. The SMILES string of the molecule is CCCOc1cc(C)nc(NC(CC)C(=O)O)n1. The average Bonchev–Trinajstić information content (AvgIpc) is 2.32. The number of rotatable bonds is 7. The zero-order valence-corrected chi connectivity index (χ0v) is 10.9. The molecule has 0 radical (unpaired) electrons. The molecule has 0 bridgehead atoms. The molecule has 0 aliphatic rings. The van der Waals surface area contributed by atoms with E-state index in [1.165, 1.54) is 0 Å². The van der Waals surface area contributed by atoms with E-state index in [4.69, 9.17) is 9.84 Å². The number of carbonyl (C=O) groups is 1. The number of ether oxygens (including phenoxy) is 1. The number of nitrogens with one attached hydrogen (secondary N) is 1. The number of hydrogen-bond donors (Lipinski definition) is 2. The summed E-state index contributed by atoms with van der Waals surface area (Å²) in [5.41, 5.74) is 0.735. The van der Waals surface area contributed by atoms with Gasteiger partial charge in [0.25, 0.3) is 0 Å². The second-order valence-corrected chi connectivity index (χ2v) is 3.96. The molecule has 6 nitrogen and oxygen atoms in total. The van der Waals surface area contributed by atoms with Crippen LogP contribution in [-0.4, -0.2) is 33.7 Å². The number of carboxylic acid groups (broad SMARTS) is 1. The molecule has 1 atom stereocenters. The Bertz CT molecular complexity index is 410. The molecular weight excluding hydrogens is 234 g/mol. The Morgan fingerprint density at radius 3 is 2.78 bits per heavy atom. The quantitative estimate of drug-likeness (QED) is 0.771. The van der Waals surface area contributed by atoms with Crippen LogP contribution in [0.4, 0.5) is 5.95 Å². The van der Waals surface area contributed by atoms with E-state index >= 15 is 0 Å². The van der Waals surface area contributed by atoms with Gasteiger partial charge in [-0.3, -0.25) is 0 Å². The minimum atomic E-state index is -0.918. The molecule has 0 spiro atoms. The van der Waals surface area contributed by atoms with Crippen LogP contribution in [0.15, 0.2) is 6.07 Å². The first-order valence-electron chi connectivity index (χ1n) is 6.04. The maximum atomic E-state index is 10.9. The first-order valence-corrected chi connectivity index (χ1v) is 6.04. The Hall–Kier alpha value is -1.85. The Balaban J connectivity index is 2.81. The van der Waals surface area contributed by atoms with E-state index in [9.17, 15) is 4.79 Å². The van der Waals surface area contributed by atoms with E-state index in [1.54, 1.807) is 13.0 Å². The summed E-state index contributed by atoms with van der Waals surface area (Å²) in [6, 6.07) is 1.04. The molecule has 0 saturated carbocycles. The summed E-state index contributed by atoms with van der Waals surface area (Å²) in [6.45, 7) is 6.18. The molecule has 0 aliphatic heterocycles. The first-order chi connectivity index (χ1) is 8.56. The Kier molecular flexibility index (Phi) is 5.35. The molecule has 2 N–H and O–H groups in total. The van der Waals surface area contributed by atoms with Gasteiger partial charge in [-0.05, 0) is 19.8 Å². The van der Waals surface area contributed by atoms with Crippen LogP contribution in [0.1, 0.15) is 32.4 Å². The van der Waals surface area contributed by atoms with Crippen LogP contribution in [-0.2, 0) is 4.79 Å². The second kappa shape index (κ2) is 6.78. The van der Waals surface area contributed by atoms with Crippen LogP contribution >= 0.6 is 0 Å². The Morgan fingerprint density at radius 2 is 2.22 bits per heavy atom. The summed E-state index contributed by atoms with van der Waals surface area (Å²) in [4.78, 5) is 19.2. The summed E-state index contributed by atoms with van der Waals surface area (Å²) >= 11 is 0. The van der Waals surface area contributed by atoms with Crippen molar-refractivity contribution in [2.45, 2.75) is 39.7 Å². The Labute approximate surface area is 106 Å². The minimum Gasteiger partial charge on any atom is -0.480 e. The third kappa shape index (κ3) is 4.20. The van der Waals surface area contributed by atoms with Crippen LogP contribution in [0, 0.1) is 6.92 Å². The maximum absolute atomic E-state index is 10.9. The van der Waals surface area contributed by atoms with Gasteiger partial charge in [0.1, 0.15) is 6.04 Å². The smallest absolute Gasteiger partial charge is 0.326 e. The highest BCUT2D eigenvalue weighted by Crippen LogP contribution is 2.13. The summed E-state index contributed by atoms with van der Waals surface area (Å²) in [7, 11) is 0. The highest BCUT2D eigenvalue weighted by Gasteiger charge is 2.16. The number of aromatic nitrogens is 2. The summed E-state index contributed by atoms with van der Waals surface area (Å²) < 4.78 is 5.41. The van der Waals surface area contributed by atoms with Crippen molar-refractivity contribution in [2.75, 3.05) is 11.9 Å². The van der Waals surface area contributed by atoms with Crippen molar-refractivity contribution in [2.24, 2.45) is 0 Å². The van der Waals surface area contributed by atoms with Crippen LogP contribution in [0.2, 0.25) is 0 Å². The highest BCUT2D eigenvalue weighted by atomic mass is 16.5. The van der Waals surface area contributed by atoms with Crippen LogP contribution < -0.4 is 10.1 Å². The van der Waals surface area contributed by atoms with Gasteiger partial charge in [-0.15, -0.1) is 0 Å². The number of carboxylic acids is 1. The predicted molar refractivity (Wildman–Crippen MR) is 67.9 cm³/mol. The third-order valence-electron chi connectivity index (χ3n) is 2.29. The normalized spacial score (nSPS) is 11.9. The van der Waals surface area contributed by atoms with Gasteiger partial charge in [0.15, 0.2) is 0 Å². The van der Waals surface area contributed by atoms with Crippen LogP contribution in [0.5, 0.6) is 5.88 Å². The van der Waals surface area contributed by atoms with Gasteiger partial charge in [0.05, 0.1) is 6.61 Å². The first kappa shape index (κ1) is 14.2. The molecule has 0 aromatic carbocycles. The van der Waals surface area contributed by atoms with Gasteiger partial charge in [0.2, 0.25) is 11.8 Å². The van der Waals surface area contributed by atoms with Gasteiger partial charge >= 0.3 is 5.97 Å². The topological polar surface area (TPSA) is 84.3 Å². The lowest BCUT2D eigenvalue weighted by Gasteiger charge is -2.13. The van der Waals surface area contributed by atoms with Crippen molar-refractivity contribution in [1.82, 2.24) is 9.97 Å². The Morgan fingerprint density at radius 1 is 1.50 bits per heavy atom. The van der Waals surface area contributed by atoms with E-state index in [2.05, 4.69) is 15.3 Å². The average molecular weight is 253 g/mol. The van der Waals surface area contributed by atoms with E-state index in [1.807, 2.05) is 13.8 Å². The lowest BCUT2D eigenvalue weighted by Crippen LogP contribution is -2.29. The summed E-state index contributed by atoms with van der Waals surface area (Å²) in [5, 5.41) is 11.7. The maximum Gasteiger partial charge on any atom is 0.326 e. The molecule has 0 amide bonds.